The van der Waals surface area contributed by atoms with E-state index in [9.17, 15) is 14.8 Å². The number of methoxy groups -OCH3 is 1. The molecule has 1 N–H and O–H groups in total. The molecular formula is C19H21N3O4. The van der Waals surface area contributed by atoms with Gasteiger partial charge in [0, 0.05) is 31.6 Å². The number of nitrogens with zero attached hydrogens (tertiary/aromatic N) is 2. The molecule has 7 nitrogen and oxygen atoms in total. The van der Waals surface area contributed by atoms with E-state index in [1.54, 1.807) is 12.0 Å². The molecule has 1 aliphatic rings. The van der Waals surface area contributed by atoms with Gasteiger partial charge in [-0.15, -0.1) is 0 Å². The molecule has 1 atom stereocenters. The number of hydrogen-bond donors (Lipinski definition) is 1. The maximum atomic E-state index is 12.2. The monoisotopic (exact) mass is 355 g/mol. The van der Waals surface area contributed by atoms with Crippen molar-refractivity contribution in [3.05, 3.63) is 65.1 Å². The van der Waals surface area contributed by atoms with Gasteiger partial charge in [0.2, 0.25) is 5.91 Å². The van der Waals surface area contributed by atoms with Gasteiger partial charge in [-0.05, 0) is 24.1 Å². The Morgan fingerprint density at radius 3 is 2.62 bits per heavy atom. The van der Waals surface area contributed by atoms with Gasteiger partial charge in [-0.1, -0.05) is 12.1 Å². The van der Waals surface area contributed by atoms with Gasteiger partial charge in [-0.25, -0.2) is 0 Å². The van der Waals surface area contributed by atoms with Crippen LogP contribution in [0.5, 0.6) is 5.75 Å². The average molecular weight is 355 g/mol. The molecule has 1 aromatic carbocycles. The third-order valence-electron chi connectivity index (χ3n) is 4.44. The van der Waals surface area contributed by atoms with Gasteiger partial charge in [0.1, 0.15) is 5.75 Å². The van der Waals surface area contributed by atoms with Crippen LogP contribution in [0.2, 0.25) is 0 Å². The zero-order valence-electron chi connectivity index (χ0n) is 14.6. The number of nitrogens with one attached hydrogen (secondary N) is 1. The normalized spacial score (nSPS) is 16.6. The standard InChI is InChI=1S/C19H21N3O4/c1-26-17-4-2-14(3-5-17)6-9-21-13-16(12-18(21)23)20-19(24)15-7-10-22(25)11-8-15/h2-5,7-8,10-11,16H,6,9,12-13H2,1H3,(H,20,24)/t16-/m1/s1. The summed E-state index contributed by atoms with van der Waals surface area (Å²) in [4.78, 5) is 26.1. The van der Waals surface area contributed by atoms with Crippen molar-refractivity contribution in [2.45, 2.75) is 18.9 Å². The van der Waals surface area contributed by atoms with E-state index in [1.807, 2.05) is 24.3 Å². The molecule has 0 saturated carbocycles. The van der Waals surface area contributed by atoms with Gasteiger partial charge >= 0.3 is 0 Å². The number of ether oxygens (including phenoxy) is 1. The first-order valence-electron chi connectivity index (χ1n) is 8.45. The Morgan fingerprint density at radius 1 is 1.27 bits per heavy atom. The van der Waals surface area contributed by atoms with Crippen molar-refractivity contribution in [1.82, 2.24) is 10.2 Å². The largest absolute Gasteiger partial charge is 0.619 e. The van der Waals surface area contributed by atoms with Gasteiger partial charge in [0.25, 0.3) is 5.91 Å². The van der Waals surface area contributed by atoms with Crippen LogP contribution in [0.15, 0.2) is 48.8 Å². The average Bonchev–Trinajstić information content (AvgIpc) is 3.00. The van der Waals surface area contributed by atoms with Gasteiger partial charge in [0.15, 0.2) is 12.4 Å². The minimum Gasteiger partial charge on any atom is -0.619 e. The highest BCUT2D eigenvalue weighted by molar-refractivity contribution is 5.94. The van der Waals surface area contributed by atoms with Gasteiger partial charge in [-0.2, -0.15) is 4.73 Å². The van der Waals surface area contributed by atoms with Crippen LogP contribution in [0.25, 0.3) is 0 Å². The van der Waals surface area contributed by atoms with E-state index in [-0.39, 0.29) is 17.9 Å². The molecule has 7 heteroatoms. The highest BCUT2D eigenvalue weighted by Crippen LogP contribution is 2.15. The molecular weight excluding hydrogens is 334 g/mol. The maximum absolute atomic E-state index is 12.2. The summed E-state index contributed by atoms with van der Waals surface area (Å²) in [5.41, 5.74) is 1.53. The molecule has 0 spiro atoms. The number of aromatic nitrogens is 1. The Balaban J connectivity index is 1.51. The van der Waals surface area contributed by atoms with Crippen LogP contribution in [-0.2, 0) is 11.2 Å². The molecule has 1 aliphatic heterocycles. The topological polar surface area (TPSA) is 85.6 Å². The summed E-state index contributed by atoms with van der Waals surface area (Å²) in [7, 11) is 1.63. The summed E-state index contributed by atoms with van der Waals surface area (Å²) in [6.07, 6.45) is 3.59. The summed E-state index contributed by atoms with van der Waals surface area (Å²) in [6.45, 7) is 1.11. The summed E-state index contributed by atoms with van der Waals surface area (Å²) in [5, 5.41) is 13.9. The van der Waals surface area contributed by atoms with E-state index in [1.165, 1.54) is 24.5 Å². The summed E-state index contributed by atoms with van der Waals surface area (Å²) in [5.74, 6) is 0.562. The van der Waals surface area contributed by atoms with E-state index in [0.717, 1.165) is 17.7 Å². The van der Waals surface area contributed by atoms with E-state index in [0.29, 0.717) is 29.8 Å². The van der Waals surface area contributed by atoms with Gasteiger partial charge in [0.05, 0.1) is 18.7 Å². The second kappa shape index (κ2) is 7.86. The number of rotatable bonds is 6. The number of benzene rings is 1. The maximum Gasteiger partial charge on any atom is 0.252 e. The highest BCUT2D eigenvalue weighted by Gasteiger charge is 2.30. The Bertz CT molecular complexity index is 774. The van der Waals surface area contributed by atoms with Crippen LogP contribution in [0.4, 0.5) is 0 Å². The Labute approximate surface area is 151 Å². The smallest absolute Gasteiger partial charge is 0.252 e. The third-order valence-corrected chi connectivity index (χ3v) is 4.44. The molecule has 0 bridgehead atoms. The lowest BCUT2D eigenvalue weighted by atomic mass is 10.1. The molecule has 3 rings (SSSR count). The lowest BCUT2D eigenvalue weighted by Gasteiger charge is -2.17. The molecule has 1 aromatic heterocycles. The second-order valence-corrected chi connectivity index (χ2v) is 6.26. The zero-order chi connectivity index (χ0) is 18.5. The summed E-state index contributed by atoms with van der Waals surface area (Å²) in [6, 6.07) is 10.5. The number of hydrogen-bond acceptors (Lipinski definition) is 4. The Kier molecular flexibility index (Phi) is 5.36. The number of amides is 2. The van der Waals surface area contributed by atoms with E-state index in [4.69, 9.17) is 4.74 Å². The molecule has 2 amide bonds. The van der Waals surface area contributed by atoms with Crippen LogP contribution < -0.4 is 14.8 Å². The quantitative estimate of drug-likeness (QED) is 0.616. The van der Waals surface area contributed by atoms with Gasteiger partial charge < -0.3 is 20.2 Å². The van der Waals surface area contributed by atoms with Crippen LogP contribution in [-0.4, -0.2) is 43.0 Å². The Morgan fingerprint density at radius 2 is 1.96 bits per heavy atom. The lowest BCUT2D eigenvalue weighted by Crippen LogP contribution is -2.38. The van der Waals surface area contributed by atoms with Crippen molar-refractivity contribution in [3.63, 3.8) is 0 Å². The van der Waals surface area contributed by atoms with Gasteiger partial charge in [-0.3, -0.25) is 9.59 Å². The van der Waals surface area contributed by atoms with Crippen LogP contribution >= 0.6 is 0 Å². The molecule has 2 aromatic rings. The summed E-state index contributed by atoms with van der Waals surface area (Å²) >= 11 is 0. The fourth-order valence-electron chi connectivity index (χ4n) is 2.97. The molecule has 0 radical (unpaired) electrons. The number of carbonyl (C=O) groups excluding carboxylic acids is 2. The van der Waals surface area contributed by atoms with E-state index >= 15 is 0 Å². The zero-order valence-corrected chi connectivity index (χ0v) is 14.6. The molecule has 1 saturated heterocycles. The third kappa shape index (κ3) is 4.30. The number of pyridine rings is 1. The second-order valence-electron chi connectivity index (χ2n) is 6.26. The lowest BCUT2D eigenvalue weighted by molar-refractivity contribution is -0.605. The van der Waals surface area contributed by atoms with Crippen LogP contribution in [0.1, 0.15) is 22.3 Å². The van der Waals surface area contributed by atoms with Crippen LogP contribution in [0.3, 0.4) is 0 Å². The molecule has 2 heterocycles. The summed E-state index contributed by atoms with van der Waals surface area (Å²) < 4.78 is 5.76. The predicted molar refractivity (Wildman–Crippen MR) is 94.6 cm³/mol. The number of likely N-dealkylation sites (tertiary alicyclic amines) is 1. The van der Waals surface area contributed by atoms with E-state index < -0.39 is 0 Å². The molecule has 136 valence electrons. The first kappa shape index (κ1) is 17.7. The minimum atomic E-state index is -0.277. The highest BCUT2D eigenvalue weighted by atomic mass is 16.5. The fraction of sp³-hybridized carbons (Fsp3) is 0.316. The van der Waals surface area contributed by atoms with Crippen molar-refractivity contribution in [2.24, 2.45) is 0 Å². The van der Waals surface area contributed by atoms with Crippen molar-refractivity contribution >= 4 is 11.8 Å². The van der Waals surface area contributed by atoms with Crippen molar-refractivity contribution < 1.29 is 19.1 Å². The molecule has 26 heavy (non-hydrogen) atoms. The minimum absolute atomic E-state index is 0.0364. The van der Waals surface area contributed by atoms with Crippen LogP contribution in [0, 0.1) is 5.21 Å². The molecule has 0 unspecified atom stereocenters. The first-order chi connectivity index (χ1) is 12.5. The number of carbonyl (C=O) groups is 2. The first-order valence-corrected chi connectivity index (χ1v) is 8.45. The molecule has 0 aliphatic carbocycles. The van der Waals surface area contributed by atoms with Crippen molar-refractivity contribution in [1.29, 1.82) is 0 Å². The Hall–Kier alpha value is -3.09. The van der Waals surface area contributed by atoms with E-state index in [2.05, 4.69) is 5.32 Å². The molecule has 1 fully saturated rings. The van der Waals surface area contributed by atoms with Crippen molar-refractivity contribution in [3.8, 4) is 5.75 Å². The SMILES string of the molecule is COc1ccc(CCN2C[C@H](NC(=O)c3cc[n+]([O-])cc3)CC2=O)cc1. The predicted octanol–water partition coefficient (Wildman–Crippen LogP) is 0.902. The fourth-order valence-corrected chi connectivity index (χ4v) is 2.97. The van der Waals surface area contributed by atoms with Crippen molar-refractivity contribution in [2.75, 3.05) is 20.2 Å².